The largest absolute Gasteiger partial charge is 0.497 e. The molecule has 1 heterocycles. The zero-order chi connectivity index (χ0) is 19.9. The van der Waals surface area contributed by atoms with Gasteiger partial charge in [0, 0.05) is 42.1 Å². The molecule has 0 spiro atoms. The van der Waals surface area contributed by atoms with Crippen LogP contribution in [0.1, 0.15) is 24.3 Å². The fourth-order valence-electron chi connectivity index (χ4n) is 2.47. The third-order valence-electron chi connectivity index (χ3n) is 4.05. The molecule has 2 aromatic rings. The van der Waals surface area contributed by atoms with E-state index in [4.69, 9.17) is 4.74 Å². The number of thiophene rings is 1. The molecule has 5 nitrogen and oxygen atoms in total. The van der Waals surface area contributed by atoms with Gasteiger partial charge in [-0.25, -0.2) is 0 Å². The van der Waals surface area contributed by atoms with Gasteiger partial charge in [0.25, 0.3) is 0 Å². The molecule has 8 heteroatoms. The summed E-state index contributed by atoms with van der Waals surface area (Å²) in [6.45, 7) is 2.36. The number of ether oxygens (including phenoxy) is 2. The molecular formula is C19H25F2N3O2S. The minimum Gasteiger partial charge on any atom is -0.497 e. The van der Waals surface area contributed by atoms with Crippen LogP contribution in [0, 0.1) is 0 Å². The molecule has 1 aromatic heterocycles. The van der Waals surface area contributed by atoms with Crippen LogP contribution in [0.25, 0.3) is 0 Å². The molecule has 0 aliphatic rings. The van der Waals surface area contributed by atoms with E-state index in [-0.39, 0.29) is 17.7 Å². The minimum absolute atomic E-state index is 0.0597. The molecule has 0 saturated carbocycles. The maximum atomic E-state index is 12.7. The Kier molecular flexibility index (Phi) is 7.41. The lowest BCUT2D eigenvalue weighted by atomic mass is 9.91. The summed E-state index contributed by atoms with van der Waals surface area (Å²) in [6, 6.07) is 8.97. The zero-order valence-electron chi connectivity index (χ0n) is 15.9. The summed E-state index contributed by atoms with van der Waals surface area (Å²) in [5, 5.41) is 8.47. The Balaban J connectivity index is 1.99. The molecule has 0 amide bonds. The van der Waals surface area contributed by atoms with Crippen molar-refractivity contribution < 1.29 is 18.3 Å². The van der Waals surface area contributed by atoms with Crippen LogP contribution in [0.3, 0.4) is 0 Å². The number of methoxy groups -OCH3 is 1. The second-order valence-electron chi connectivity index (χ2n) is 6.49. The molecule has 0 saturated heterocycles. The zero-order valence-corrected chi connectivity index (χ0v) is 16.7. The van der Waals surface area contributed by atoms with Gasteiger partial charge in [0.15, 0.2) is 5.96 Å². The minimum atomic E-state index is -2.90. The van der Waals surface area contributed by atoms with Gasteiger partial charge in [-0.1, -0.05) is 19.9 Å². The number of aliphatic imine (C=N–C) groups is 1. The maximum absolute atomic E-state index is 12.7. The standard InChI is InChI=1S/C19H25F2N3O2S/c1-19(2,16-6-5-9-27-16)12-24-18(22-3)23-11-13-7-8-14(25-4)10-15(13)26-17(20)21/h5-10,17H,11-12H2,1-4H3,(H2,22,23,24). The fourth-order valence-corrected chi connectivity index (χ4v) is 3.32. The SMILES string of the molecule is CN=C(NCc1ccc(OC)cc1OC(F)F)NCC(C)(C)c1cccs1. The van der Waals surface area contributed by atoms with Crippen molar-refractivity contribution in [2.75, 3.05) is 20.7 Å². The topological polar surface area (TPSA) is 54.9 Å². The van der Waals surface area contributed by atoms with Gasteiger partial charge in [-0.15, -0.1) is 11.3 Å². The van der Waals surface area contributed by atoms with Crippen LogP contribution >= 0.6 is 11.3 Å². The molecule has 0 fully saturated rings. The third kappa shape index (κ3) is 6.09. The lowest BCUT2D eigenvalue weighted by Crippen LogP contribution is -2.43. The van der Waals surface area contributed by atoms with Gasteiger partial charge in [-0.05, 0) is 23.6 Å². The van der Waals surface area contributed by atoms with Crippen molar-refractivity contribution in [3.8, 4) is 11.5 Å². The van der Waals surface area contributed by atoms with Crippen molar-refractivity contribution in [2.45, 2.75) is 32.4 Å². The number of guanidine groups is 1. The summed E-state index contributed by atoms with van der Waals surface area (Å²) in [5.74, 6) is 1.11. The highest BCUT2D eigenvalue weighted by Gasteiger charge is 2.22. The van der Waals surface area contributed by atoms with E-state index in [1.54, 1.807) is 30.5 Å². The van der Waals surface area contributed by atoms with Crippen molar-refractivity contribution in [1.29, 1.82) is 0 Å². The van der Waals surface area contributed by atoms with Crippen LogP contribution in [0.15, 0.2) is 40.7 Å². The third-order valence-corrected chi connectivity index (χ3v) is 5.28. The molecule has 148 valence electrons. The second kappa shape index (κ2) is 9.55. The Morgan fingerprint density at radius 3 is 2.63 bits per heavy atom. The van der Waals surface area contributed by atoms with E-state index in [0.717, 1.165) is 0 Å². The first-order valence-corrected chi connectivity index (χ1v) is 9.34. The molecular weight excluding hydrogens is 372 g/mol. The number of halogens is 2. The smallest absolute Gasteiger partial charge is 0.387 e. The molecule has 27 heavy (non-hydrogen) atoms. The van der Waals surface area contributed by atoms with Crippen molar-refractivity contribution in [3.63, 3.8) is 0 Å². The van der Waals surface area contributed by atoms with E-state index < -0.39 is 6.61 Å². The van der Waals surface area contributed by atoms with Crippen LogP contribution in [0.4, 0.5) is 8.78 Å². The number of nitrogens with one attached hydrogen (secondary N) is 2. The lowest BCUT2D eigenvalue weighted by Gasteiger charge is -2.25. The number of benzene rings is 1. The van der Waals surface area contributed by atoms with Crippen LogP contribution in [0.2, 0.25) is 0 Å². The molecule has 1 aromatic carbocycles. The number of hydrogen-bond acceptors (Lipinski definition) is 4. The molecule has 0 unspecified atom stereocenters. The average molecular weight is 397 g/mol. The van der Waals surface area contributed by atoms with E-state index in [1.807, 2.05) is 6.07 Å². The predicted octanol–water partition coefficient (Wildman–Crippen LogP) is 4.00. The Bertz CT molecular complexity index is 749. The van der Waals surface area contributed by atoms with Gasteiger partial charge < -0.3 is 20.1 Å². The van der Waals surface area contributed by atoms with Gasteiger partial charge in [-0.2, -0.15) is 8.78 Å². The summed E-state index contributed by atoms with van der Waals surface area (Å²) in [6.07, 6.45) is 0. The summed E-state index contributed by atoms with van der Waals surface area (Å²) in [4.78, 5) is 5.47. The fraction of sp³-hybridized carbons (Fsp3) is 0.421. The quantitative estimate of drug-likeness (QED) is 0.522. The Hall–Kier alpha value is -2.35. The van der Waals surface area contributed by atoms with E-state index >= 15 is 0 Å². The van der Waals surface area contributed by atoms with Gasteiger partial charge in [0.2, 0.25) is 0 Å². The molecule has 0 aliphatic heterocycles. The van der Waals surface area contributed by atoms with Crippen LogP contribution in [-0.2, 0) is 12.0 Å². The first-order chi connectivity index (χ1) is 12.9. The van der Waals surface area contributed by atoms with Crippen LogP contribution in [0.5, 0.6) is 11.5 Å². The summed E-state index contributed by atoms with van der Waals surface area (Å²) in [5.41, 5.74) is 0.520. The Morgan fingerprint density at radius 1 is 1.26 bits per heavy atom. The van der Waals surface area contributed by atoms with Crippen molar-refractivity contribution in [3.05, 3.63) is 46.2 Å². The number of rotatable bonds is 8. The van der Waals surface area contributed by atoms with Gasteiger partial charge >= 0.3 is 6.61 Å². The first kappa shape index (κ1) is 21.0. The molecule has 0 radical (unpaired) electrons. The van der Waals surface area contributed by atoms with Gasteiger partial charge in [-0.3, -0.25) is 4.99 Å². The highest BCUT2D eigenvalue weighted by atomic mass is 32.1. The normalized spacial score (nSPS) is 12.2. The Labute approximate surface area is 162 Å². The van der Waals surface area contributed by atoms with E-state index in [0.29, 0.717) is 23.8 Å². The highest BCUT2D eigenvalue weighted by Crippen LogP contribution is 2.27. The van der Waals surface area contributed by atoms with Crippen LogP contribution in [-0.4, -0.2) is 33.3 Å². The van der Waals surface area contributed by atoms with Crippen molar-refractivity contribution in [2.24, 2.45) is 4.99 Å². The van der Waals surface area contributed by atoms with Crippen LogP contribution < -0.4 is 20.1 Å². The first-order valence-electron chi connectivity index (χ1n) is 8.46. The molecule has 2 rings (SSSR count). The lowest BCUT2D eigenvalue weighted by molar-refractivity contribution is -0.0505. The number of hydrogen-bond donors (Lipinski definition) is 2. The maximum Gasteiger partial charge on any atom is 0.387 e. The van der Waals surface area contributed by atoms with Gasteiger partial charge in [0.1, 0.15) is 11.5 Å². The second-order valence-corrected chi connectivity index (χ2v) is 7.44. The number of alkyl halides is 2. The molecule has 2 N–H and O–H groups in total. The monoisotopic (exact) mass is 397 g/mol. The number of nitrogens with zero attached hydrogens (tertiary/aromatic N) is 1. The highest BCUT2D eigenvalue weighted by molar-refractivity contribution is 7.10. The van der Waals surface area contributed by atoms with Crippen molar-refractivity contribution >= 4 is 17.3 Å². The van der Waals surface area contributed by atoms with E-state index in [9.17, 15) is 8.78 Å². The Morgan fingerprint density at radius 2 is 2.04 bits per heavy atom. The van der Waals surface area contributed by atoms with Gasteiger partial charge in [0.05, 0.1) is 7.11 Å². The van der Waals surface area contributed by atoms with E-state index in [1.165, 1.54) is 18.1 Å². The summed E-state index contributed by atoms with van der Waals surface area (Å²) < 4.78 is 35.0. The molecule has 0 aliphatic carbocycles. The summed E-state index contributed by atoms with van der Waals surface area (Å²) >= 11 is 1.71. The predicted molar refractivity (Wildman–Crippen MR) is 105 cm³/mol. The molecule has 0 atom stereocenters. The van der Waals surface area contributed by atoms with Crippen molar-refractivity contribution in [1.82, 2.24) is 10.6 Å². The molecule has 0 bridgehead atoms. The summed E-state index contributed by atoms with van der Waals surface area (Å²) in [7, 11) is 3.14. The van der Waals surface area contributed by atoms with E-state index in [2.05, 4.69) is 45.7 Å². The average Bonchev–Trinajstić information content (AvgIpc) is 3.18.